The van der Waals surface area contributed by atoms with Crippen LogP contribution in [0.15, 0.2) is 24.3 Å². The number of piperidine rings is 1. The second kappa shape index (κ2) is 9.30. The summed E-state index contributed by atoms with van der Waals surface area (Å²) in [4.78, 5) is 27.8. The van der Waals surface area contributed by atoms with Crippen LogP contribution in [0.3, 0.4) is 0 Å². The summed E-state index contributed by atoms with van der Waals surface area (Å²) in [6.07, 6.45) is 2.49. The number of carbonyl (C=O) groups excluding carboxylic acids is 2. The molecular weight excluding hydrogens is 318 g/mol. The van der Waals surface area contributed by atoms with Gasteiger partial charge in [0.05, 0.1) is 12.5 Å². The Balaban J connectivity index is 1.76. The van der Waals surface area contributed by atoms with Crippen molar-refractivity contribution in [1.82, 2.24) is 15.1 Å². The van der Waals surface area contributed by atoms with E-state index >= 15 is 0 Å². The van der Waals surface area contributed by atoms with Gasteiger partial charge in [0.25, 0.3) is 0 Å². The smallest absolute Gasteiger partial charge is 0.319 e. The maximum atomic E-state index is 12.4. The van der Waals surface area contributed by atoms with Crippen molar-refractivity contribution in [1.29, 1.82) is 0 Å². The average Bonchev–Trinajstić information content (AvgIpc) is 2.62. The molecule has 1 aromatic rings. The number of urea groups is 1. The van der Waals surface area contributed by atoms with Crippen LogP contribution in [0.2, 0.25) is 0 Å². The molecule has 6 nitrogen and oxygen atoms in total. The topological polar surface area (TPSA) is 61.9 Å². The monoisotopic (exact) mass is 347 g/mol. The molecule has 1 atom stereocenters. The highest BCUT2D eigenvalue weighted by atomic mass is 16.5. The molecule has 0 radical (unpaired) electrons. The number of benzene rings is 1. The first-order valence-electron chi connectivity index (χ1n) is 8.97. The molecule has 1 saturated heterocycles. The fourth-order valence-corrected chi connectivity index (χ4v) is 3.04. The van der Waals surface area contributed by atoms with Crippen LogP contribution >= 0.6 is 0 Å². The first kappa shape index (κ1) is 19.1. The Morgan fingerprint density at radius 1 is 1.28 bits per heavy atom. The van der Waals surface area contributed by atoms with E-state index in [1.807, 2.05) is 31.2 Å². The van der Waals surface area contributed by atoms with Crippen LogP contribution < -0.4 is 10.1 Å². The number of carbonyl (C=O) groups is 2. The molecule has 0 spiro atoms. The van der Waals surface area contributed by atoms with Gasteiger partial charge in [0.1, 0.15) is 5.75 Å². The van der Waals surface area contributed by atoms with E-state index in [1.54, 1.807) is 23.9 Å². The van der Waals surface area contributed by atoms with Gasteiger partial charge in [0.15, 0.2) is 0 Å². The molecule has 2 rings (SSSR count). The zero-order valence-electron chi connectivity index (χ0n) is 15.5. The highest BCUT2D eigenvalue weighted by Gasteiger charge is 2.28. The highest BCUT2D eigenvalue weighted by Crippen LogP contribution is 2.18. The maximum absolute atomic E-state index is 12.4. The van der Waals surface area contributed by atoms with Crippen LogP contribution in [0.4, 0.5) is 4.79 Å². The van der Waals surface area contributed by atoms with Crippen LogP contribution in [0.5, 0.6) is 5.75 Å². The molecule has 0 aliphatic carbocycles. The number of rotatable bonds is 6. The average molecular weight is 347 g/mol. The first-order valence-corrected chi connectivity index (χ1v) is 8.97. The van der Waals surface area contributed by atoms with Gasteiger partial charge in [0.2, 0.25) is 5.91 Å². The summed E-state index contributed by atoms with van der Waals surface area (Å²) in [6.45, 7) is 4.45. The minimum atomic E-state index is -0.113. The maximum Gasteiger partial charge on any atom is 0.319 e. The lowest BCUT2D eigenvalue weighted by molar-refractivity contribution is -0.126. The predicted octanol–water partition coefficient (Wildman–Crippen LogP) is 2.14. The van der Waals surface area contributed by atoms with E-state index in [0.717, 1.165) is 37.1 Å². The molecule has 138 valence electrons. The molecule has 0 saturated carbocycles. The molecular formula is C19H29N3O3. The predicted molar refractivity (Wildman–Crippen MR) is 97.7 cm³/mol. The second-order valence-corrected chi connectivity index (χ2v) is 6.58. The van der Waals surface area contributed by atoms with Gasteiger partial charge in [-0.2, -0.15) is 0 Å². The number of hydrogen-bond donors (Lipinski definition) is 1. The highest BCUT2D eigenvalue weighted by molar-refractivity contribution is 5.80. The quantitative estimate of drug-likeness (QED) is 0.858. The fourth-order valence-electron chi connectivity index (χ4n) is 3.04. The molecule has 1 heterocycles. The zero-order valence-corrected chi connectivity index (χ0v) is 15.5. The number of nitrogens with zero attached hydrogens (tertiary/aromatic N) is 2. The van der Waals surface area contributed by atoms with E-state index < -0.39 is 0 Å². The van der Waals surface area contributed by atoms with Gasteiger partial charge >= 0.3 is 6.03 Å². The van der Waals surface area contributed by atoms with Crippen molar-refractivity contribution in [2.45, 2.75) is 26.2 Å². The summed E-state index contributed by atoms with van der Waals surface area (Å²) in [5.41, 5.74) is 1.16. The summed E-state index contributed by atoms with van der Waals surface area (Å²) in [5.74, 6) is 0.795. The molecule has 25 heavy (non-hydrogen) atoms. The lowest BCUT2D eigenvalue weighted by atomic mass is 9.97. The van der Waals surface area contributed by atoms with Crippen LogP contribution in [0.1, 0.15) is 25.3 Å². The van der Waals surface area contributed by atoms with E-state index in [-0.39, 0.29) is 17.9 Å². The molecule has 3 amide bonds. The third-order valence-corrected chi connectivity index (χ3v) is 4.39. The van der Waals surface area contributed by atoms with E-state index in [9.17, 15) is 9.59 Å². The van der Waals surface area contributed by atoms with Crippen molar-refractivity contribution in [3.05, 3.63) is 29.8 Å². The van der Waals surface area contributed by atoms with Crippen molar-refractivity contribution in [3.63, 3.8) is 0 Å². The zero-order chi connectivity index (χ0) is 18.2. The van der Waals surface area contributed by atoms with E-state index in [0.29, 0.717) is 19.7 Å². The Kier molecular flexibility index (Phi) is 7.10. The Bertz CT molecular complexity index is 572. The van der Waals surface area contributed by atoms with Gasteiger partial charge in [-0.05, 0) is 43.9 Å². The standard InChI is InChI=1S/C19H29N3O3/c1-4-25-17-9-7-15(8-10-17)11-12-20-18(23)16-6-5-13-22(14-16)19(24)21(2)3/h7-10,16H,4-6,11-14H2,1-3H3,(H,20,23)/t16-/m0/s1. The number of nitrogens with one attached hydrogen (secondary N) is 1. The van der Waals surface area contributed by atoms with E-state index in [4.69, 9.17) is 4.74 Å². The molecule has 6 heteroatoms. The second-order valence-electron chi connectivity index (χ2n) is 6.58. The van der Waals surface area contributed by atoms with Gasteiger partial charge in [-0.25, -0.2) is 4.79 Å². The van der Waals surface area contributed by atoms with Crippen molar-refractivity contribution in [2.24, 2.45) is 5.92 Å². The molecule has 1 aromatic carbocycles. The lowest BCUT2D eigenvalue weighted by Crippen LogP contribution is -2.48. The van der Waals surface area contributed by atoms with Gasteiger partial charge in [-0.1, -0.05) is 12.1 Å². The fraction of sp³-hybridized carbons (Fsp3) is 0.579. The lowest BCUT2D eigenvalue weighted by Gasteiger charge is -2.33. The Labute approximate surface area is 150 Å². The summed E-state index contributed by atoms with van der Waals surface area (Å²) >= 11 is 0. The van der Waals surface area contributed by atoms with Crippen LogP contribution in [0.25, 0.3) is 0 Å². The number of ether oxygens (including phenoxy) is 1. The number of likely N-dealkylation sites (tertiary alicyclic amines) is 1. The molecule has 0 aromatic heterocycles. The Hall–Kier alpha value is -2.24. The number of hydrogen-bond acceptors (Lipinski definition) is 3. The molecule has 0 unspecified atom stereocenters. The van der Waals surface area contributed by atoms with Gasteiger partial charge in [0, 0.05) is 33.7 Å². The molecule has 1 N–H and O–H groups in total. The Morgan fingerprint density at radius 3 is 2.64 bits per heavy atom. The van der Waals surface area contributed by atoms with E-state index in [2.05, 4.69) is 5.32 Å². The third-order valence-electron chi connectivity index (χ3n) is 4.39. The van der Waals surface area contributed by atoms with E-state index in [1.165, 1.54) is 0 Å². The third kappa shape index (κ3) is 5.66. The van der Waals surface area contributed by atoms with Crippen molar-refractivity contribution in [3.8, 4) is 5.75 Å². The SMILES string of the molecule is CCOc1ccc(CCNC(=O)[C@H]2CCCN(C(=O)N(C)C)C2)cc1. The summed E-state index contributed by atoms with van der Waals surface area (Å²) in [5, 5.41) is 3.01. The van der Waals surface area contributed by atoms with Crippen molar-refractivity contribution >= 4 is 11.9 Å². The first-order chi connectivity index (χ1) is 12.0. The van der Waals surface area contributed by atoms with Crippen LogP contribution in [-0.2, 0) is 11.2 Å². The Morgan fingerprint density at radius 2 is 2.00 bits per heavy atom. The molecule has 1 fully saturated rings. The molecule has 0 bridgehead atoms. The normalized spacial score (nSPS) is 17.1. The largest absolute Gasteiger partial charge is 0.494 e. The van der Waals surface area contributed by atoms with Crippen molar-refractivity contribution in [2.75, 3.05) is 40.3 Å². The van der Waals surface area contributed by atoms with Gasteiger partial charge in [-0.15, -0.1) is 0 Å². The van der Waals surface area contributed by atoms with Gasteiger partial charge < -0.3 is 19.9 Å². The molecule has 1 aliphatic rings. The molecule has 1 aliphatic heterocycles. The summed E-state index contributed by atoms with van der Waals surface area (Å²) < 4.78 is 5.42. The summed E-state index contributed by atoms with van der Waals surface area (Å²) in [6, 6.07) is 7.93. The minimum Gasteiger partial charge on any atom is -0.494 e. The summed E-state index contributed by atoms with van der Waals surface area (Å²) in [7, 11) is 3.48. The van der Waals surface area contributed by atoms with Crippen LogP contribution in [-0.4, -0.2) is 62.1 Å². The van der Waals surface area contributed by atoms with Crippen LogP contribution in [0, 0.1) is 5.92 Å². The van der Waals surface area contributed by atoms with Gasteiger partial charge in [-0.3, -0.25) is 4.79 Å². The minimum absolute atomic E-state index is 0.0214. The van der Waals surface area contributed by atoms with Crippen molar-refractivity contribution < 1.29 is 14.3 Å². The number of amides is 3.